The van der Waals surface area contributed by atoms with Gasteiger partial charge in [-0.1, -0.05) is 12.1 Å². The fourth-order valence-electron chi connectivity index (χ4n) is 7.78. The summed E-state index contributed by atoms with van der Waals surface area (Å²) in [7, 11) is 13.1. The van der Waals surface area contributed by atoms with Crippen molar-refractivity contribution < 1.29 is 42.7 Å². The van der Waals surface area contributed by atoms with E-state index in [1.807, 2.05) is 47.4 Å². The molecule has 1 amide bonds. The first-order valence-corrected chi connectivity index (χ1v) is 17.7. The standard InChI is InChI=1S/C42H50N2O9/c1-46-34-11-9-26(19-36(34)48-3)17-32-30-23-40(52-7)38(50-5)21-28(30)13-15-43(32)25-42(45)44-16-14-29-22-39(51-6)41(53-8)24-31(29)33(44)18-27-10-12-35(47-2)37(20-27)49-4/h9-12,19-24,32-33H,13-18,25H2,1-8H3. The van der Waals surface area contributed by atoms with E-state index in [-0.39, 0.29) is 24.5 Å². The maximum atomic E-state index is 14.8. The molecule has 53 heavy (non-hydrogen) atoms. The highest BCUT2D eigenvalue weighted by atomic mass is 16.5. The van der Waals surface area contributed by atoms with Crippen LogP contribution in [0.4, 0.5) is 0 Å². The summed E-state index contributed by atoms with van der Waals surface area (Å²) in [5.41, 5.74) is 6.55. The first kappa shape index (κ1) is 37.5. The molecule has 0 N–H and O–H groups in total. The normalized spacial score (nSPS) is 16.6. The number of hydrogen-bond acceptors (Lipinski definition) is 10. The fraction of sp³-hybridized carbons (Fsp3) is 0.405. The molecule has 11 heteroatoms. The van der Waals surface area contributed by atoms with Gasteiger partial charge in [0, 0.05) is 19.1 Å². The average Bonchev–Trinajstić information content (AvgIpc) is 3.20. The third-order valence-electron chi connectivity index (χ3n) is 10.5. The summed E-state index contributed by atoms with van der Waals surface area (Å²) < 4.78 is 45.2. The van der Waals surface area contributed by atoms with Crippen molar-refractivity contribution in [2.75, 3.05) is 76.5 Å². The number of nitrogens with zero attached hydrogens (tertiary/aromatic N) is 2. The van der Waals surface area contributed by atoms with Crippen LogP contribution in [-0.4, -0.2) is 92.2 Å². The highest BCUT2D eigenvalue weighted by molar-refractivity contribution is 5.79. The lowest BCUT2D eigenvalue weighted by Gasteiger charge is -2.42. The summed E-state index contributed by atoms with van der Waals surface area (Å²) in [4.78, 5) is 19.1. The minimum atomic E-state index is -0.255. The molecule has 0 radical (unpaired) electrons. The third-order valence-corrected chi connectivity index (χ3v) is 10.5. The van der Waals surface area contributed by atoms with Crippen LogP contribution >= 0.6 is 0 Å². The Bertz CT molecular complexity index is 1930. The van der Waals surface area contributed by atoms with E-state index >= 15 is 0 Å². The minimum absolute atomic E-state index is 0.0529. The van der Waals surface area contributed by atoms with Crippen molar-refractivity contribution in [3.63, 3.8) is 0 Å². The van der Waals surface area contributed by atoms with Gasteiger partial charge in [-0.15, -0.1) is 0 Å². The molecular weight excluding hydrogens is 676 g/mol. The zero-order valence-electron chi connectivity index (χ0n) is 31.9. The molecule has 4 aromatic rings. The molecule has 11 nitrogen and oxygen atoms in total. The SMILES string of the molecule is COc1ccc(CC2c3cc(OC)c(OC)cc3CCN2CC(=O)N2CCc3cc(OC)c(OC)cc3C2Cc2ccc(OC)c(OC)c2)cc1OC. The van der Waals surface area contributed by atoms with E-state index in [4.69, 9.17) is 37.9 Å². The second kappa shape index (κ2) is 16.6. The van der Waals surface area contributed by atoms with Gasteiger partial charge in [-0.2, -0.15) is 0 Å². The number of rotatable bonds is 14. The smallest absolute Gasteiger partial charge is 0.237 e. The first-order valence-electron chi connectivity index (χ1n) is 17.7. The fourth-order valence-corrected chi connectivity index (χ4v) is 7.78. The number of methoxy groups -OCH3 is 8. The van der Waals surface area contributed by atoms with Gasteiger partial charge in [0.1, 0.15) is 0 Å². The highest BCUT2D eigenvalue weighted by Crippen LogP contribution is 2.43. The van der Waals surface area contributed by atoms with Gasteiger partial charge >= 0.3 is 0 Å². The van der Waals surface area contributed by atoms with Crippen molar-refractivity contribution in [2.24, 2.45) is 0 Å². The Kier molecular flexibility index (Phi) is 11.7. The zero-order chi connectivity index (χ0) is 37.6. The maximum Gasteiger partial charge on any atom is 0.237 e. The van der Waals surface area contributed by atoms with E-state index in [1.165, 1.54) is 5.56 Å². The molecule has 0 saturated carbocycles. The molecule has 0 aliphatic carbocycles. The van der Waals surface area contributed by atoms with Crippen molar-refractivity contribution in [1.82, 2.24) is 9.80 Å². The lowest BCUT2D eigenvalue weighted by molar-refractivity contribution is -0.136. The Labute approximate surface area is 312 Å². The molecule has 0 saturated heterocycles. The van der Waals surface area contributed by atoms with E-state index in [1.54, 1.807) is 56.9 Å². The molecule has 0 spiro atoms. The van der Waals surface area contributed by atoms with Gasteiger partial charge in [-0.3, -0.25) is 9.69 Å². The Morgan fingerprint density at radius 3 is 1.38 bits per heavy atom. The number of ether oxygens (including phenoxy) is 8. The lowest BCUT2D eigenvalue weighted by atomic mass is 9.87. The van der Waals surface area contributed by atoms with E-state index in [2.05, 4.69) is 23.1 Å². The second-order valence-corrected chi connectivity index (χ2v) is 13.2. The lowest BCUT2D eigenvalue weighted by Crippen LogP contribution is -2.48. The summed E-state index contributed by atoms with van der Waals surface area (Å²) >= 11 is 0. The van der Waals surface area contributed by atoms with Gasteiger partial charge in [0.05, 0.1) is 69.5 Å². The number of hydrogen-bond donors (Lipinski definition) is 0. The summed E-state index contributed by atoms with van der Waals surface area (Å²) in [5.74, 6) is 5.33. The Balaban J connectivity index is 1.37. The molecule has 2 heterocycles. The summed E-state index contributed by atoms with van der Waals surface area (Å²) in [6.07, 6.45) is 2.67. The molecule has 4 aromatic carbocycles. The topological polar surface area (TPSA) is 97.4 Å². The van der Waals surface area contributed by atoms with Gasteiger partial charge in [-0.05, 0) is 108 Å². The van der Waals surface area contributed by atoms with Crippen LogP contribution in [0.15, 0.2) is 60.7 Å². The van der Waals surface area contributed by atoms with Crippen LogP contribution in [-0.2, 0) is 30.5 Å². The number of carbonyl (C=O) groups is 1. The van der Waals surface area contributed by atoms with Crippen molar-refractivity contribution in [3.8, 4) is 46.0 Å². The summed E-state index contributed by atoms with van der Waals surface area (Å²) in [6, 6.07) is 19.7. The van der Waals surface area contributed by atoms with Crippen LogP contribution in [0.25, 0.3) is 0 Å². The average molecular weight is 727 g/mol. The Hall–Kier alpha value is -5.29. The van der Waals surface area contributed by atoms with Gasteiger partial charge in [-0.25, -0.2) is 0 Å². The highest BCUT2D eigenvalue weighted by Gasteiger charge is 2.36. The van der Waals surface area contributed by atoms with Gasteiger partial charge in [0.2, 0.25) is 5.91 Å². The molecule has 0 fully saturated rings. The number of carbonyl (C=O) groups excluding carboxylic acids is 1. The van der Waals surface area contributed by atoms with Gasteiger partial charge in [0.15, 0.2) is 46.0 Å². The molecule has 6 rings (SSSR count). The van der Waals surface area contributed by atoms with Crippen LogP contribution in [0.5, 0.6) is 46.0 Å². The van der Waals surface area contributed by atoms with E-state index < -0.39 is 0 Å². The zero-order valence-corrected chi connectivity index (χ0v) is 31.9. The van der Waals surface area contributed by atoms with Crippen molar-refractivity contribution >= 4 is 5.91 Å². The number of benzene rings is 4. The predicted molar refractivity (Wildman–Crippen MR) is 202 cm³/mol. The molecular formula is C42H50N2O9. The second-order valence-electron chi connectivity index (χ2n) is 13.2. The van der Waals surface area contributed by atoms with Crippen molar-refractivity contribution in [2.45, 2.75) is 37.8 Å². The molecule has 2 atom stereocenters. The van der Waals surface area contributed by atoms with Crippen molar-refractivity contribution in [1.29, 1.82) is 0 Å². The predicted octanol–water partition coefficient (Wildman–Crippen LogP) is 6.27. The number of amides is 1. The van der Waals surface area contributed by atoms with Crippen molar-refractivity contribution in [3.05, 3.63) is 94.0 Å². The van der Waals surface area contributed by atoms with Gasteiger partial charge in [0.25, 0.3) is 0 Å². The Morgan fingerprint density at radius 2 is 0.906 bits per heavy atom. The van der Waals surface area contributed by atoms with Crippen LogP contribution in [0.3, 0.4) is 0 Å². The molecule has 2 aliphatic rings. The molecule has 0 bridgehead atoms. The molecule has 282 valence electrons. The third kappa shape index (κ3) is 7.62. The largest absolute Gasteiger partial charge is 0.493 e. The van der Waals surface area contributed by atoms with E-state index in [0.29, 0.717) is 78.3 Å². The summed E-state index contributed by atoms with van der Waals surface area (Å²) in [6.45, 7) is 1.49. The molecule has 2 aliphatic heterocycles. The monoisotopic (exact) mass is 726 g/mol. The van der Waals surface area contributed by atoms with Crippen LogP contribution in [0.1, 0.15) is 45.5 Å². The minimum Gasteiger partial charge on any atom is -0.493 e. The maximum absolute atomic E-state index is 14.8. The van der Waals surface area contributed by atoms with E-state index in [9.17, 15) is 4.79 Å². The Morgan fingerprint density at radius 1 is 0.509 bits per heavy atom. The van der Waals surface area contributed by atoms with Crippen LogP contribution < -0.4 is 37.9 Å². The number of fused-ring (bicyclic) bond motifs is 2. The molecule has 0 aromatic heterocycles. The quantitative estimate of drug-likeness (QED) is 0.148. The van der Waals surface area contributed by atoms with E-state index in [0.717, 1.165) is 34.2 Å². The summed E-state index contributed by atoms with van der Waals surface area (Å²) in [5, 5.41) is 0. The molecule has 2 unspecified atom stereocenters. The van der Waals surface area contributed by atoms with Crippen LogP contribution in [0.2, 0.25) is 0 Å². The van der Waals surface area contributed by atoms with Crippen LogP contribution in [0, 0.1) is 0 Å². The van der Waals surface area contributed by atoms with Gasteiger partial charge < -0.3 is 42.8 Å². The first-order chi connectivity index (χ1) is 25.8.